The van der Waals surface area contributed by atoms with Crippen molar-refractivity contribution in [1.82, 2.24) is 4.98 Å². The number of amides is 1. The quantitative estimate of drug-likeness (QED) is 0.344. The van der Waals surface area contributed by atoms with Gasteiger partial charge in [-0.3, -0.25) is 14.9 Å². The summed E-state index contributed by atoms with van der Waals surface area (Å²) >= 11 is 7.64. The molecule has 2 rings (SSSR count). The molecule has 108 valence electrons. The molecule has 7 nitrogen and oxygen atoms in total. The summed E-state index contributed by atoms with van der Waals surface area (Å²) in [5.41, 5.74) is -0.407. The third-order valence-corrected chi connectivity index (χ3v) is 3.35. The van der Waals surface area contributed by atoms with Crippen LogP contribution in [-0.2, 0) is 0 Å². The molecular weight excluding hydrogens is 413 g/mol. The predicted molar refractivity (Wildman–Crippen MR) is 84.7 cm³/mol. The molecule has 2 N–H and O–H groups in total. The highest BCUT2D eigenvalue weighted by atomic mass is 127. The molecule has 1 aromatic carbocycles. The van der Waals surface area contributed by atoms with Crippen molar-refractivity contribution in [3.8, 4) is 5.75 Å². The average molecular weight is 420 g/mol. The molecular formula is C12H7ClIN3O4. The van der Waals surface area contributed by atoms with Crippen LogP contribution in [0.25, 0.3) is 0 Å². The van der Waals surface area contributed by atoms with Gasteiger partial charge in [-0.15, -0.1) is 0 Å². The van der Waals surface area contributed by atoms with Gasteiger partial charge in [-0.05, 0) is 46.9 Å². The number of nitrogens with zero attached hydrogens (tertiary/aromatic N) is 2. The second-order valence-electron chi connectivity index (χ2n) is 3.87. The van der Waals surface area contributed by atoms with Gasteiger partial charge in [0.05, 0.1) is 10.5 Å². The van der Waals surface area contributed by atoms with Gasteiger partial charge in [-0.1, -0.05) is 11.6 Å². The molecule has 9 heteroatoms. The van der Waals surface area contributed by atoms with Gasteiger partial charge in [0.15, 0.2) is 0 Å². The third-order valence-electron chi connectivity index (χ3n) is 2.47. The first-order valence-electron chi connectivity index (χ1n) is 5.49. The molecule has 1 heterocycles. The van der Waals surface area contributed by atoms with Gasteiger partial charge in [0, 0.05) is 9.64 Å². The number of aromatic nitrogens is 1. The maximum Gasteiger partial charge on any atom is 0.311 e. The van der Waals surface area contributed by atoms with Crippen molar-refractivity contribution in [3.05, 3.63) is 54.7 Å². The van der Waals surface area contributed by atoms with Crippen LogP contribution >= 0.6 is 34.2 Å². The summed E-state index contributed by atoms with van der Waals surface area (Å²) in [6.07, 6.45) is 0. The van der Waals surface area contributed by atoms with Crippen LogP contribution in [0, 0.1) is 13.7 Å². The summed E-state index contributed by atoms with van der Waals surface area (Å²) < 4.78 is 0.726. The van der Waals surface area contributed by atoms with Gasteiger partial charge in [0.2, 0.25) is 5.82 Å². The average Bonchev–Trinajstić information content (AvgIpc) is 2.41. The van der Waals surface area contributed by atoms with Crippen LogP contribution in [0.1, 0.15) is 10.4 Å². The molecule has 2 aromatic rings. The van der Waals surface area contributed by atoms with E-state index in [9.17, 15) is 20.0 Å². The number of halogens is 2. The lowest BCUT2D eigenvalue weighted by Crippen LogP contribution is -2.14. The maximum absolute atomic E-state index is 12.1. The number of phenolic OH excluding ortho intramolecular Hbond substituents is 1. The summed E-state index contributed by atoms with van der Waals surface area (Å²) in [6.45, 7) is 0. The van der Waals surface area contributed by atoms with Crippen LogP contribution in [-0.4, -0.2) is 20.9 Å². The normalized spacial score (nSPS) is 10.2. The third kappa shape index (κ3) is 3.58. The smallest absolute Gasteiger partial charge is 0.311 e. The van der Waals surface area contributed by atoms with Gasteiger partial charge in [0.1, 0.15) is 10.9 Å². The standard InChI is InChI=1S/C12H7ClIN3O4/c13-10-4-2-8(17(20)21)11(15-10)16-12(19)7-5-6(14)1-3-9(7)18/h1-5,18H,(H,15,16,19). The number of rotatable bonds is 3. The minimum absolute atomic E-state index is 0.00256. The molecule has 1 amide bonds. The fourth-order valence-electron chi connectivity index (χ4n) is 1.53. The number of phenols is 1. The first kappa shape index (κ1) is 15.4. The van der Waals surface area contributed by atoms with Crippen LogP contribution < -0.4 is 5.32 Å². The van der Waals surface area contributed by atoms with Gasteiger partial charge < -0.3 is 10.4 Å². The number of carbonyl (C=O) groups is 1. The Balaban J connectivity index is 2.38. The van der Waals surface area contributed by atoms with E-state index in [4.69, 9.17) is 11.6 Å². The lowest BCUT2D eigenvalue weighted by Gasteiger charge is -2.07. The van der Waals surface area contributed by atoms with Gasteiger partial charge >= 0.3 is 5.69 Å². The summed E-state index contributed by atoms with van der Waals surface area (Å²) in [5, 5.41) is 22.8. The molecule has 0 unspecified atom stereocenters. The number of aromatic hydroxyl groups is 1. The molecule has 0 atom stereocenters. The summed E-state index contributed by atoms with van der Waals surface area (Å²) in [4.78, 5) is 26.0. The van der Waals surface area contributed by atoms with Gasteiger partial charge in [-0.2, -0.15) is 0 Å². The molecule has 0 aliphatic rings. The number of anilines is 1. The van der Waals surface area contributed by atoms with E-state index >= 15 is 0 Å². The van der Waals surface area contributed by atoms with Crippen LogP contribution in [0.15, 0.2) is 30.3 Å². The zero-order valence-corrected chi connectivity index (χ0v) is 13.1. The highest BCUT2D eigenvalue weighted by Gasteiger charge is 2.20. The summed E-state index contributed by atoms with van der Waals surface area (Å²) in [5.74, 6) is -1.24. The number of nitrogens with one attached hydrogen (secondary N) is 1. The molecule has 0 saturated heterocycles. The minimum Gasteiger partial charge on any atom is -0.507 e. The molecule has 0 aliphatic carbocycles. The molecule has 1 aromatic heterocycles. The Morgan fingerprint density at radius 3 is 2.76 bits per heavy atom. The lowest BCUT2D eigenvalue weighted by atomic mass is 10.2. The van der Waals surface area contributed by atoms with Crippen molar-refractivity contribution in [1.29, 1.82) is 0 Å². The topological polar surface area (TPSA) is 105 Å². The molecule has 0 saturated carbocycles. The van der Waals surface area contributed by atoms with E-state index in [1.807, 2.05) is 22.6 Å². The van der Waals surface area contributed by atoms with E-state index in [2.05, 4.69) is 10.3 Å². The lowest BCUT2D eigenvalue weighted by molar-refractivity contribution is -0.384. The van der Waals surface area contributed by atoms with Gasteiger partial charge in [-0.25, -0.2) is 4.98 Å². The monoisotopic (exact) mass is 419 g/mol. The molecule has 0 aliphatic heterocycles. The van der Waals surface area contributed by atoms with Crippen LogP contribution in [0.5, 0.6) is 5.75 Å². The number of nitro groups is 1. The SMILES string of the molecule is O=C(Nc1nc(Cl)ccc1[N+](=O)[O-])c1cc(I)ccc1O. The van der Waals surface area contributed by atoms with E-state index < -0.39 is 16.5 Å². The van der Waals surface area contributed by atoms with Crippen molar-refractivity contribution in [3.63, 3.8) is 0 Å². The second-order valence-corrected chi connectivity index (χ2v) is 5.51. The van der Waals surface area contributed by atoms with Gasteiger partial charge in [0.25, 0.3) is 5.91 Å². The second kappa shape index (κ2) is 6.22. The number of hydrogen-bond acceptors (Lipinski definition) is 5. The predicted octanol–water partition coefficient (Wildman–Crippen LogP) is 3.21. The maximum atomic E-state index is 12.1. The largest absolute Gasteiger partial charge is 0.507 e. The van der Waals surface area contributed by atoms with Crippen LogP contribution in [0.3, 0.4) is 0 Å². The molecule has 21 heavy (non-hydrogen) atoms. The van der Waals surface area contributed by atoms with E-state index in [1.54, 1.807) is 6.07 Å². The van der Waals surface area contributed by atoms with Crippen molar-refractivity contribution in [2.45, 2.75) is 0 Å². The van der Waals surface area contributed by atoms with Crippen molar-refractivity contribution < 1.29 is 14.8 Å². The van der Waals surface area contributed by atoms with E-state index in [1.165, 1.54) is 18.2 Å². The van der Waals surface area contributed by atoms with Crippen molar-refractivity contribution in [2.24, 2.45) is 0 Å². The summed E-state index contributed by atoms with van der Waals surface area (Å²) in [6, 6.07) is 6.81. The zero-order valence-electron chi connectivity index (χ0n) is 10.2. The Hall–Kier alpha value is -1.94. The zero-order chi connectivity index (χ0) is 15.6. The molecule has 0 bridgehead atoms. The van der Waals surface area contributed by atoms with Crippen molar-refractivity contribution in [2.75, 3.05) is 5.32 Å². The molecule has 0 radical (unpaired) electrons. The number of benzene rings is 1. The minimum atomic E-state index is -0.719. The van der Waals surface area contributed by atoms with Crippen molar-refractivity contribution >= 4 is 51.6 Å². The fraction of sp³-hybridized carbons (Fsp3) is 0. The first-order chi connectivity index (χ1) is 9.88. The number of hydrogen-bond donors (Lipinski definition) is 2. The van der Waals surface area contributed by atoms with Crippen LogP contribution in [0.4, 0.5) is 11.5 Å². The molecule has 0 fully saturated rings. The van der Waals surface area contributed by atoms with E-state index in [-0.39, 0.29) is 22.3 Å². The van der Waals surface area contributed by atoms with E-state index in [0.29, 0.717) is 0 Å². The first-order valence-corrected chi connectivity index (χ1v) is 6.95. The fourth-order valence-corrected chi connectivity index (χ4v) is 2.17. The summed E-state index contributed by atoms with van der Waals surface area (Å²) in [7, 11) is 0. The highest BCUT2D eigenvalue weighted by Crippen LogP contribution is 2.26. The molecule has 0 spiro atoms. The Labute approximate surface area is 137 Å². The number of pyridine rings is 1. The Bertz CT molecular complexity index is 738. The van der Waals surface area contributed by atoms with Crippen LogP contribution in [0.2, 0.25) is 5.15 Å². The Morgan fingerprint density at radius 2 is 2.10 bits per heavy atom. The highest BCUT2D eigenvalue weighted by molar-refractivity contribution is 14.1. The Kier molecular flexibility index (Phi) is 4.58. The Morgan fingerprint density at radius 1 is 1.38 bits per heavy atom. The number of carbonyl (C=O) groups excluding carboxylic acids is 1. The van der Waals surface area contributed by atoms with E-state index in [0.717, 1.165) is 9.64 Å².